The van der Waals surface area contributed by atoms with Crippen LogP contribution in [-0.2, 0) is 11.2 Å². The average Bonchev–Trinajstić information content (AvgIpc) is 1.95. The summed E-state index contributed by atoms with van der Waals surface area (Å²) in [5, 5.41) is 8.65. The quantitative estimate of drug-likeness (QED) is 0.687. The normalized spacial score (nSPS) is 19.6. The predicted molar refractivity (Wildman–Crippen MR) is 40.5 cm³/mol. The Morgan fingerprint density at radius 3 is 3.00 bits per heavy atom. The molecule has 0 saturated heterocycles. The predicted octanol–water partition coefficient (Wildman–Crippen LogP) is 1.55. The van der Waals surface area contributed by atoms with Crippen molar-refractivity contribution >= 4 is 5.97 Å². The lowest BCUT2D eigenvalue weighted by Gasteiger charge is -2.26. The minimum atomic E-state index is -0.867. The molecule has 12 heavy (non-hydrogen) atoms. The number of carboxylic acid groups (broad SMARTS) is 1. The van der Waals surface area contributed by atoms with Crippen LogP contribution in [0.4, 0.5) is 4.39 Å². The Kier molecular flexibility index (Phi) is 1.40. The van der Waals surface area contributed by atoms with Crippen molar-refractivity contribution in [2.45, 2.75) is 12.3 Å². The summed E-state index contributed by atoms with van der Waals surface area (Å²) in [5.74, 6) is -1.72. The molecule has 0 bridgehead atoms. The van der Waals surface area contributed by atoms with Crippen molar-refractivity contribution in [2.24, 2.45) is 0 Å². The smallest absolute Gasteiger partial charge is 0.311 e. The van der Waals surface area contributed by atoms with Crippen molar-refractivity contribution < 1.29 is 14.3 Å². The number of hydrogen-bond acceptors (Lipinski definition) is 1. The van der Waals surface area contributed by atoms with Crippen LogP contribution in [0.3, 0.4) is 0 Å². The summed E-state index contributed by atoms with van der Waals surface area (Å²) in [4.78, 5) is 10.5. The van der Waals surface area contributed by atoms with E-state index in [1.54, 1.807) is 6.07 Å². The number of aliphatic carboxylic acids is 1. The van der Waals surface area contributed by atoms with Crippen molar-refractivity contribution in [3.8, 4) is 0 Å². The second kappa shape index (κ2) is 2.30. The first-order valence-electron chi connectivity index (χ1n) is 3.69. The van der Waals surface area contributed by atoms with Gasteiger partial charge < -0.3 is 5.11 Å². The molecule has 1 aliphatic rings. The van der Waals surface area contributed by atoms with Crippen LogP contribution in [0.5, 0.6) is 0 Å². The topological polar surface area (TPSA) is 37.3 Å². The third-order valence-corrected chi connectivity index (χ3v) is 2.21. The number of benzene rings is 1. The molecule has 2 nitrogen and oxygen atoms in total. The van der Waals surface area contributed by atoms with Gasteiger partial charge in [-0.25, -0.2) is 4.39 Å². The monoisotopic (exact) mass is 166 g/mol. The van der Waals surface area contributed by atoms with E-state index in [1.165, 1.54) is 12.1 Å². The van der Waals surface area contributed by atoms with Crippen molar-refractivity contribution in [3.05, 3.63) is 35.1 Å². The number of carbonyl (C=O) groups is 1. The summed E-state index contributed by atoms with van der Waals surface area (Å²) in [7, 11) is 0. The molecule has 0 aromatic heterocycles. The zero-order valence-electron chi connectivity index (χ0n) is 6.25. The zero-order chi connectivity index (χ0) is 8.72. The summed E-state index contributed by atoms with van der Waals surface area (Å²) in [5.41, 5.74) is 1.58. The van der Waals surface area contributed by atoms with Gasteiger partial charge in [0.05, 0.1) is 5.92 Å². The molecule has 62 valence electrons. The van der Waals surface area contributed by atoms with E-state index < -0.39 is 11.9 Å². The Morgan fingerprint density at radius 2 is 2.33 bits per heavy atom. The van der Waals surface area contributed by atoms with Crippen LogP contribution in [0.25, 0.3) is 0 Å². The second-order valence-electron chi connectivity index (χ2n) is 2.94. The molecule has 0 saturated carbocycles. The summed E-state index contributed by atoms with van der Waals surface area (Å²) in [6, 6.07) is 4.30. The van der Waals surface area contributed by atoms with Crippen molar-refractivity contribution in [1.82, 2.24) is 0 Å². The van der Waals surface area contributed by atoms with Crippen LogP contribution in [0.1, 0.15) is 17.0 Å². The van der Waals surface area contributed by atoms with Crippen molar-refractivity contribution in [3.63, 3.8) is 0 Å². The minimum absolute atomic E-state index is 0.361. The molecular weight excluding hydrogens is 159 g/mol. The van der Waals surface area contributed by atoms with Gasteiger partial charge in [-0.05, 0) is 29.7 Å². The van der Waals surface area contributed by atoms with Crippen LogP contribution < -0.4 is 0 Å². The highest BCUT2D eigenvalue weighted by molar-refractivity contribution is 5.80. The molecule has 1 atom stereocenters. The highest BCUT2D eigenvalue weighted by atomic mass is 19.1. The fourth-order valence-corrected chi connectivity index (χ4v) is 1.50. The molecule has 1 N–H and O–H groups in total. The zero-order valence-corrected chi connectivity index (χ0v) is 6.25. The van der Waals surface area contributed by atoms with E-state index in [1.807, 2.05) is 0 Å². The van der Waals surface area contributed by atoms with Gasteiger partial charge in [-0.15, -0.1) is 0 Å². The first-order chi connectivity index (χ1) is 5.68. The van der Waals surface area contributed by atoms with Gasteiger partial charge in [0.25, 0.3) is 0 Å². The third-order valence-electron chi connectivity index (χ3n) is 2.21. The maximum Gasteiger partial charge on any atom is 0.311 e. The van der Waals surface area contributed by atoms with E-state index in [-0.39, 0.29) is 5.82 Å². The summed E-state index contributed by atoms with van der Waals surface area (Å²) in [6.45, 7) is 0. The number of hydrogen-bond donors (Lipinski definition) is 1. The number of fused-ring (bicyclic) bond motifs is 1. The molecule has 0 unspecified atom stereocenters. The maximum atomic E-state index is 12.6. The van der Waals surface area contributed by atoms with Gasteiger partial charge in [0.2, 0.25) is 0 Å². The summed E-state index contributed by atoms with van der Waals surface area (Å²) < 4.78 is 12.6. The standard InChI is InChI=1S/C9H7FO2/c10-6-2-1-5-3-8(9(11)12)7(5)4-6/h1-2,4,8H,3H2,(H,11,12)/t8-/m0/s1. The second-order valence-corrected chi connectivity index (χ2v) is 2.94. The number of rotatable bonds is 1. The molecule has 2 rings (SSSR count). The molecule has 1 aromatic rings. The Morgan fingerprint density at radius 1 is 1.58 bits per heavy atom. The van der Waals surface area contributed by atoms with Crippen LogP contribution >= 0.6 is 0 Å². The van der Waals surface area contributed by atoms with E-state index >= 15 is 0 Å². The molecule has 0 radical (unpaired) electrons. The van der Waals surface area contributed by atoms with Gasteiger partial charge in [-0.2, -0.15) is 0 Å². The lowest BCUT2D eigenvalue weighted by molar-refractivity contribution is -0.139. The molecule has 3 heteroatoms. The molecule has 0 aliphatic heterocycles. The fourth-order valence-electron chi connectivity index (χ4n) is 1.50. The van der Waals surface area contributed by atoms with Crippen molar-refractivity contribution in [1.29, 1.82) is 0 Å². The van der Waals surface area contributed by atoms with Gasteiger partial charge >= 0.3 is 5.97 Å². The fraction of sp³-hybridized carbons (Fsp3) is 0.222. The highest BCUT2D eigenvalue weighted by Gasteiger charge is 2.32. The minimum Gasteiger partial charge on any atom is -0.481 e. The van der Waals surface area contributed by atoms with E-state index in [0.29, 0.717) is 12.0 Å². The SMILES string of the molecule is O=C(O)[C@H]1Cc2ccc(F)cc21. The number of carboxylic acids is 1. The van der Waals surface area contributed by atoms with Gasteiger partial charge in [0.15, 0.2) is 0 Å². The molecule has 1 aliphatic carbocycles. The van der Waals surface area contributed by atoms with Gasteiger partial charge in [0.1, 0.15) is 5.82 Å². The highest BCUT2D eigenvalue weighted by Crippen LogP contribution is 2.35. The van der Waals surface area contributed by atoms with Gasteiger partial charge in [0, 0.05) is 0 Å². The number of halogens is 1. The van der Waals surface area contributed by atoms with Crippen LogP contribution in [0.2, 0.25) is 0 Å². The third kappa shape index (κ3) is 0.897. The lowest BCUT2D eigenvalue weighted by Crippen LogP contribution is -2.24. The van der Waals surface area contributed by atoms with E-state index in [9.17, 15) is 9.18 Å². The van der Waals surface area contributed by atoms with E-state index in [2.05, 4.69) is 0 Å². The Balaban J connectivity index is 2.39. The molecule has 0 fully saturated rings. The van der Waals surface area contributed by atoms with Crippen LogP contribution in [0.15, 0.2) is 18.2 Å². The van der Waals surface area contributed by atoms with Crippen LogP contribution in [0, 0.1) is 5.82 Å². The van der Waals surface area contributed by atoms with Gasteiger partial charge in [-0.1, -0.05) is 6.07 Å². The first-order valence-corrected chi connectivity index (χ1v) is 3.69. The Labute approximate surface area is 68.6 Å². The lowest BCUT2D eigenvalue weighted by atomic mass is 9.78. The molecule has 0 heterocycles. The Hall–Kier alpha value is -1.38. The molecule has 0 amide bonds. The Bertz CT molecular complexity index is 346. The maximum absolute atomic E-state index is 12.6. The van der Waals surface area contributed by atoms with Gasteiger partial charge in [-0.3, -0.25) is 4.79 Å². The molecular formula is C9H7FO2. The summed E-state index contributed by atoms with van der Waals surface area (Å²) in [6.07, 6.45) is 0.533. The van der Waals surface area contributed by atoms with E-state index in [0.717, 1.165) is 5.56 Å². The summed E-state index contributed by atoms with van der Waals surface area (Å²) >= 11 is 0. The molecule has 1 aromatic carbocycles. The average molecular weight is 166 g/mol. The van der Waals surface area contributed by atoms with Crippen LogP contribution in [-0.4, -0.2) is 11.1 Å². The largest absolute Gasteiger partial charge is 0.481 e. The molecule has 0 spiro atoms. The first kappa shape index (κ1) is 7.28. The van der Waals surface area contributed by atoms with Crippen molar-refractivity contribution in [2.75, 3.05) is 0 Å². The van der Waals surface area contributed by atoms with E-state index in [4.69, 9.17) is 5.11 Å².